The van der Waals surface area contributed by atoms with Crippen molar-refractivity contribution in [3.63, 3.8) is 0 Å². The van der Waals surface area contributed by atoms with Crippen molar-refractivity contribution in [1.29, 1.82) is 5.26 Å². The highest BCUT2D eigenvalue weighted by atomic mass is 19.2. The van der Waals surface area contributed by atoms with Crippen LogP contribution < -0.4 is 5.32 Å². The molecule has 23 heavy (non-hydrogen) atoms. The van der Waals surface area contributed by atoms with Crippen LogP contribution in [0.25, 0.3) is 0 Å². The molecule has 0 aliphatic heterocycles. The number of aryl methyl sites for hydroxylation is 1. The molecule has 0 aromatic heterocycles. The first-order valence-corrected chi connectivity index (χ1v) is 7.23. The molecule has 1 atom stereocenters. The number of amides is 1. The summed E-state index contributed by atoms with van der Waals surface area (Å²) in [6.07, 6.45) is 0.821. The maximum Gasteiger partial charge on any atom is 0.220 e. The van der Waals surface area contributed by atoms with E-state index in [1.165, 1.54) is 6.07 Å². The molecule has 0 bridgehead atoms. The van der Waals surface area contributed by atoms with E-state index in [2.05, 4.69) is 5.32 Å². The molecule has 2 aromatic carbocycles. The Balaban J connectivity index is 1.88. The number of hydrogen-bond acceptors (Lipinski definition) is 2. The third-order valence-corrected chi connectivity index (χ3v) is 3.54. The molecule has 0 aliphatic rings. The monoisotopic (exact) mass is 314 g/mol. The van der Waals surface area contributed by atoms with E-state index in [4.69, 9.17) is 5.26 Å². The van der Waals surface area contributed by atoms with Gasteiger partial charge in [-0.05, 0) is 48.7 Å². The molecule has 1 unspecified atom stereocenters. The van der Waals surface area contributed by atoms with Crippen molar-refractivity contribution in [3.8, 4) is 6.07 Å². The number of hydrogen-bond donors (Lipinski definition) is 1. The Hall–Kier alpha value is -2.74. The molecule has 1 N–H and O–H groups in total. The third-order valence-electron chi connectivity index (χ3n) is 3.54. The molecule has 0 saturated carbocycles. The summed E-state index contributed by atoms with van der Waals surface area (Å²) in [6.45, 7) is 1.71. The molecule has 3 nitrogen and oxygen atoms in total. The fourth-order valence-corrected chi connectivity index (χ4v) is 2.18. The number of benzene rings is 2. The summed E-state index contributed by atoms with van der Waals surface area (Å²) in [6, 6.07) is 12.2. The van der Waals surface area contributed by atoms with Gasteiger partial charge in [-0.15, -0.1) is 0 Å². The van der Waals surface area contributed by atoms with E-state index >= 15 is 0 Å². The van der Waals surface area contributed by atoms with Crippen LogP contribution in [0.2, 0.25) is 0 Å². The summed E-state index contributed by atoms with van der Waals surface area (Å²) in [4.78, 5) is 11.9. The predicted molar refractivity (Wildman–Crippen MR) is 82.4 cm³/mol. The van der Waals surface area contributed by atoms with Crippen LogP contribution in [0.4, 0.5) is 8.78 Å². The van der Waals surface area contributed by atoms with Gasteiger partial charge >= 0.3 is 0 Å². The van der Waals surface area contributed by atoms with E-state index in [1.54, 1.807) is 19.1 Å². The van der Waals surface area contributed by atoms with Gasteiger partial charge in [-0.2, -0.15) is 5.26 Å². The Labute approximate surface area is 133 Å². The third kappa shape index (κ3) is 4.62. The first kappa shape index (κ1) is 16.6. The van der Waals surface area contributed by atoms with Crippen LogP contribution in [0.15, 0.2) is 42.5 Å². The van der Waals surface area contributed by atoms with Crippen molar-refractivity contribution in [1.82, 2.24) is 5.32 Å². The first-order chi connectivity index (χ1) is 11.0. The Bertz CT molecular complexity index is 736. The van der Waals surface area contributed by atoms with Gasteiger partial charge in [-0.3, -0.25) is 4.79 Å². The van der Waals surface area contributed by atoms with Gasteiger partial charge in [0.05, 0.1) is 17.7 Å². The summed E-state index contributed by atoms with van der Waals surface area (Å²) < 4.78 is 26.1. The van der Waals surface area contributed by atoms with Crippen LogP contribution in [0.5, 0.6) is 0 Å². The molecular formula is C18H16F2N2O. The van der Waals surface area contributed by atoms with E-state index in [-0.39, 0.29) is 12.3 Å². The number of halogens is 2. The minimum Gasteiger partial charge on any atom is -0.350 e. The lowest BCUT2D eigenvalue weighted by Gasteiger charge is -2.14. The number of carbonyl (C=O) groups is 1. The van der Waals surface area contributed by atoms with Crippen LogP contribution in [-0.2, 0) is 11.2 Å². The number of nitrogens with zero attached hydrogens (tertiary/aromatic N) is 1. The fraction of sp³-hybridized carbons (Fsp3) is 0.222. The smallest absolute Gasteiger partial charge is 0.220 e. The SMILES string of the molecule is CC(NC(=O)CCc1ccc(C#N)cc1)c1ccc(F)c(F)c1. The molecular weight excluding hydrogens is 298 g/mol. The van der Waals surface area contributed by atoms with Crippen molar-refractivity contribution < 1.29 is 13.6 Å². The highest BCUT2D eigenvalue weighted by Crippen LogP contribution is 2.16. The molecule has 1 amide bonds. The maximum atomic E-state index is 13.2. The zero-order chi connectivity index (χ0) is 16.8. The van der Waals surface area contributed by atoms with Crippen LogP contribution in [0.3, 0.4) is 0 Å². The lowest BCUT2D eigenvalue weighted by Crippen LogP contribution is -2.26. The second-order valence-corrected chi connectivity index (χ2v) is 5.27. The van der Waals surface area contributed by atoms with Crippen molar-refractivity contribution in [2.75, 3.05) is 0 Å². The maximum absolute atomic E-state index is 13.2. The van der Waals surface area contributed by atoms with Gasteiger partial charge in [0.1, 0.15) is 0 Å². The van der Waals surface area contributed by atoms with Crippen molar-refractivity contribution in [2.24, 2.45) is 0 Å². The number of nitriles is 1. The van der Waals surface area contributed by atoms with Crippen LogP contribution in [-0.4, -0.2) is 5.91 Å². The van der Waals surface area contributed by atoms with E-state index in [1.807, 2.05) is 18.2 Å². The van der Waals surface area contributed by atoms with E-state index in [9.17, 15) is 13.6 Å². The normalized spacial score (nSPS) is 11.6. The van der Waals surface area contributed by atoms with Gasteiger partial charge < -0.3 is 5.32 Å². The number of carbonyl (C=O) groups excluding carboxylic acids is 1. The largest absolute Gasteiger partial charge is 0.350 e. The van der Waals surface area contributed by atoms with E-state index < -0.39 is 17.7 Å². The number of rotatable bonds is 5. The van der Waals surface area contributed by atoms with Crippen LogP contribution in [0.1, 0.15) is 36.1 Å². The Morgan fingerprint density at radius 2 is 1.87 bits per heavy atom. The lowest BCUT2D eigenvalue weighted by atomic mass is 10.1. The summed E-state index contributed by atoms with van der Waals surface area (Å²) in [7, 11) is 0. The van der Waals surface area contributed by atoms with Gasteiger partial charge in [-0.25, -0.2) is 8.78 Å². The zero-order valence-electron chi connectivity index (χ0n) is 12.6. The molecule has 0 saturated heterocycles. The summed E-state index contributed by atoms with van der Waals surface area (Å²) in [5.74, 6) is -2.01. The van der Waals surface area contributed by atoms with Crippen molar-refractivity contribution in [3.05, 3.63) is 70.8 Å². The minimum atomic E-state index is -0.929. The second-order valence-electron chi connectivity index (χ2n) is 5.27. The fourth-order valence-electron chi connectivity index (χ4n) is 2.18. The van der Waals surface area contributed by atoms with Crippen molar-refractivity contribution in [2.45, 2.75) is 25.8 Å². The first-order valence-electron chi connectivity index (χ1n) is 7.23. The number of nitrogens with one attached hydrogen (secondary N) is 1. The van der Waals surface area contributed by atoms with Crippen molar-refractivity contribution >= 4 is 5.91 Å². The van der Waals surface area contributed by atoms with Gasteiger partial charge in [0.25, 0.3) is 0 Å². The van der Waals surface area contributed by atoms with Gasteiger partial charge in [0.2, 0.25) is 5.91 Å². The molecule has 0 spiro atoms. The molecule has 118 valence electrons. The van der Waals surface area contributed by atoms with Crippen LogP contribution in [0, 0.1) is 23.0 Å². The molecule has 2 aromatic rings. The molecule has 2 rings (SSSR count). The molecule has 0 fully saturated rings. The highest BCUT2D eigenvalue weighted by Gasteiger charge is 2.12. The highest BCUT2D eigenvalue weighted by molar-refractivity contribution is 5.76. The Morgan fingerprint density at radius 1 is 1.17 bits per heavy atom. The Morgan fingerprint density at radius 3 is 2.48 bits per heavy atom. The predicted octanol–water partition coefficient (Wildman–Crippen LogP) is 3.65. The summed E-state index contributed by atoms with van der Waals surface area (Å²) >= 11 is 0. The molecule has 0 aliphatic carbocycles. The molecule has 5 heteroatoms. The standard InChI is InChI=1S/C18H16F2N2O/c1-12(15-7-8-16(19)17(20)10-15)22-18(23)9-6-13-2-4-14(11-21)5-3-13/h2-5,7-8,10,12H,6,9H2,1H3,(H,22,23). The van der Waals surface area contributed by atoms with E-state index in [0.29, 0.717) is 17.5 Å². The topological polar surface area (TPSA) is 52.9 Å². The average molecular weight is 314 g/mol. The summed E-state index contributed by atoms with van der Waals surface area (Å²) in [5.41, 5.74) is 2.04. The van der Waals surface area contributed by atoms with Gasteiger partial charge in [0.15, 0.2) is 11.6 Å². The Kier molecular flexibility index (Phi) is 5.42. The second kappa shape index (κ2) is 7.50. The lowest BCUT2D eigenvalue weighted by molar-refractivity contribution is -0.121. The van der Waals surface area contributed by atoms with Gasteiger partial charge in [-0.1, -0.05) is 18.2 Å². The zero-order valence-corrected chi connectivity index (χ0v) is 12.6. The molecule has 0 radical (unpaired) electrons. The molecule has 0 heterocycles. The van der Waals surface area contributed by atoms with E-state index in [0.717, 1.165) is 17.7 Å². The average Bonchev–Trinajstić information content (AvgIpc) is 2.55. The quantitative estimate of drug-likeness (QED) is 0.916. The summed E-state index contributed by atoms with van der Waals surface area (Å²) in [5, 5.41) is 11.5. The van der Waals surface area contributed by atoms with Gasteiger partial charge in [0, 0.05) is 6.42 Å². The minimum absolute atomic E-state index is 0.174. The van der Waals surface area contributed by atoms with Crippen LogP contribution >= 0.6 is 0 Å².